The van der Waals surface area contributed by atoms with E-state index < -0.39 is 11.9 Å². The summed E-state index contributed by atoms with van der Waals surface area (Å²) in [4.78, 5) is 24.0. The number of benzene rings is 3. The number of halogens is 1. The second-order valence-electron chi connectivity index (χ2n) is 6.91. The first-order chi connectivity index (χ1) is 15.0. The van der Waals surface area contributed by atoms with E-state index in [1.165, 1.54) is 0 Å². The Labute approximate surface area is 189 Å². The molecule has 0 saturated heterocycles. The predicted molar refractivity (Wildman–Crippen MR) is 123 cm³/mol. The van der Waals surface area contributed by atoms with Gasteiger partial charge >= 0.3 is 11.9 Å². The minimum atomic E-state index is -0.423. The lowest BCUT2D eigenvalue weighted by atomic mass is 10.0. The molecule has 0 aliphatic rings. The first-order valence-electron chi connectivity index (χ1n) is 10.3. The van der Waals surface area contributed by atoms with Crippen molar-refractivity contribution >= 4 is 49.4 Å². The third kappa shape index (κ3) is 5.67. The van der Waals surface area contributed by atoms with Gasteiger partial charge in [-0.25, -0.2) is 9.59 Å². The van der Waals surface area contributed by atoms with E-state index in [0.717, 1.165) is 38.9 Å². The Morgan fingerprint density at radius 3 is 1.74 bits per heavy atom. The molecule has 6 nitrogen and oxygen atoms in total. The summed E-state index contributed by atoms with van der Waals surface area (Å²) in [6.45, 7) is 4.19. The number of carbonyl (C=O) groups is 2. The lowest BCUT2D eigenvalue weighted by Gasteiger charge is -2.17. The van der Waals surface area contributed by atoms with E-state index in [9.17, 15) is 9.59 Å². The minimum absolute atomic E-state index is 0.196. The molecule has 3 rings (SSSR count). The molecule has 0 saturated carbocycles. The Balaban J connectivity index is 2.03. The van der Waals surface area contributed by atoms with Crippen LogP contribution in [0.5, 0.6) is 11.5 Å². The average Bonchev–Trinajstić information content (AvgIpc) is 2.78. The first-order valence-corrected chi connectivity index (χ1v) is 11.0. The monoisotopic (exact) mass is 488 g/mol. The number of rotatable bonds is 10. The maximum atomic E-state index is 12.0. The highest BCUT2D eigenvalue weighted by molar-refractivity contribution is 9.10. The van der Waals surface area contributed by atoms with Gasteiger partial charge in [0.15, 0.2) is 13.2 Å². The van der Waals surface area contributed by atoms with Crippen molar-refractivity contribution in [2.75, 3.05) is 26.4 Å². The van der Waals surface area contributed by atoms with E-state index in [2.05, 4.69) is 15.9 Å². The van der Waals surface area contributed by atoms with Gasteiger partial charge in [-0.15, -0.1) is 0 Å². The number of hydrogen-bond acceptors (Lipinski definition) is 6. The molecule has 7 heteroatoms. The van der Waals surface area contributed by atoms with Crippen LogP contribution in [0.1, 0.15) is 26.7 Å². The zero-order valence-electron chi connectivity index (χ0n) is 17.6. The van der Waals surface area contributed by atoms with Crippen molar-refractivity contribution in [3.05, 3.63) is 46.9 Å². The summed E-state index contributed by atoms with van der Waals surface area (Å²) >= 11 is 3.50. The normalized spacial score (nSPS) is 10.8. The summed E-state index contributed by atoms with van der Waals surface area (Å²) in [7, 11) is 0. The number of carbonyl (C=O) groups excluding carboxylic acids is 2. The molecular formula is C24H25BrO6. The largest absolute Gasteiger partial charge is 0.481 e. The Bertz CT molecular complexity index is 1080. The third-order valence-electron chi connectivity index (χ3n) is 4.49. The predicted octanol–water partition coefficient (Wildman–Crippen LogP) is 5.42. The van der Waals surface area contributed by atoms with Crippen molar-refractivity contribution in [1.29, 1.82) is 0 Å². The average molecular weight is 489 g/mol. The fourth-order valence-corrected chi connectivity index (χ4v) is 3.52. The van der Waals surface area contributed by atoms with Crippen LogP contribution < -0.4 is 9.47 Å². The van der Waals surface area contributed by atoms with Crippen LogP contribution in [-0.4, -0.2) is 38.4 Å². The standard InChI is InChI=1S/C24H25BrO6/c1-3-11-28-21(26)14-30-23-17-7-5-6-8-18(17)24(31-15-22(27)29-12-4-2)20-13-16(25)9-10-19(20)23/h5-10,13H,3-4,11-12,14-15H2,1-2H3. The van der Waals surface area contributed by atoms with Crippen LogP contribution in [0.2, 0.25) is 0 Å². The highest BCUT2D eigenvalue weighted by Crippen LogP contribution is 2.43. The van der Waals surface area contributed by atoms with Crippen LogP contribution in [0.4, 0.5) is 0 Å². The van der Waals surface area contributed by atoms with Gasteiger partial charge < -0.3 is 18.9 Å². The van der Waals surface area contributed by atoms with Gasteiger partial charge in [0.25, 0.3) is 0 Å². The highest BCUT2D eigenvalue weighted by Gasteiger charge is 2.18. The molecule has 0 aliphatic carbocycles. The highest BCUT2D eigenvalue weighted by atomic mass is 79.9. The zero-order valence-corrected chi connectivity index (χ0v) is 19.2. The van der Waals surface area contributed by atoms with E-state index in [1.807, 2.05) is 56.3 Å². The van der Waals surface area contributed by atoms with Gasteiger partial charge in [0, 0.05) is 26.0 Å². The van der Waals surface area contributed by atoms with Gasteiger partial charge in [-0.1, -0.05) is 54.0 Å². The lowest BCUT2D eigenvalue weighted by Crippen LogP contribution is -2.16. The van der Waals surface area contributed by atoms with Crippen LogP contribution >= 0.6 is 15.9 Å². The van der Waals surface area contributed by atoms with Crippen LogP contribution in [0.15, 0.2) is 46.9 Å². The first kappa shape index (κ1) is 22.9. The van der Waals surface area contributed by atoms with E-state index in [-0.39, 0.29) is 13.2 Å². The summed E-state index contributed by atoms with van der Waals surface area (Å²) < 4.78 is 23.0. The van der Waals surface area contributed by atoms with E-state index in [4.69, 9.17) is 18.9 Å². The fourth-order valence-electron chi connectivity index (χ4n) is 3.16. The van der Waals surface area contributed by atoms with E-state index in [0.29, 0.717) is 24.7 Å². The van der Waals surface area contributed by atoms with Gasteiger partial charge in [0.2, 0.25) is 0 Å². The molecule has 0 radical (unpaired) electrons. The SMILES string of the molecule is CCCOC(=O)COc1c2ccccc2c(OCC(=O)OCCC)c2cc(Br)ccc12. The molecule has 0 heterocycles. The van der Waals surface area contributed by atoms with Gasteiger partial charge in [0.1, 0.15) is 11.5 Å². The van der Waals surface area contributed by atoms with Crippen molar-refractivity contribution in [1.82, 2.24) is 0 Å². The van der Waals surface area contributed by atoms with E-state index in [1.54, 1.807) is 0 Å². The molecule has 0 atom stereocenters. The Hall–Kier alpha value is -2.80. The summed E-state index contributed by atoms with van der Waals surface area (Å²) in [6, 6.07) is 13.2. The molecule has 0 unspecified atom stereocenters. The van der Waals surface area contributed by atoms with Gasteiger partial charge in [-0.2, -0.15) is 0 Å². The van der Waals surface area contributed by atoms with E-state index >= 15 is 0 Å². The van der Waals surface area contributed by atoms with Crippen molar-refractivity contribution < 1.29 is 28.5 Å². The number of ether oxygens (including phenoxy) is 4. The molecule has 3 aromatic rings. The molecule has 31 heavy (non-hydrogen) atoms. The van der Waals surface area contributed by atoms with Crippen LogP contribution in [0, 0.1) is 0 Å². The minimum Gasteiger partial charge on any atom is -0.481 e. The number of esters is 2. The maximum absolute atomic E-state index is 12.0. The molecule has 0 aromatic heterocycles. The molecular weight excluding hydrogens is 464 g/mol. The van der Waals surface area contributed by atoms with Crippen LogP contribution in [0.25, 0.3) is 21.5 Å². The summed E-state index contributed by atoms with van der Waals surface area (Å²) in [5.74, 6) is 0.275. The third-order valence-corrected chi connectivity index (χ3v) is 4.98. The number of hydrogen-bond donors (Lipinski definition) is 0. The second-order valence-corrected chi connectivity index (χ2v) is 7.83. The van der Waals surface area contributed by atoms with Crippen LogP contribution in [0.3, 0.4) is 0 Å². The molecule has 164 valence electrons. The molecule has 0 fully saturated rings. The molecule has 0 amide bonds. The lowest BCUT2D eigenvalue weighted by molar-refractivity contribution is -0.146. The Morgan fingerprint density at radius 2 is 1.23 bits per heavy atom. The quantitative estimate of drug-likeness (QED) is 0.280. The summed E-state index contributed by atoms with van der Waals surface area (Å²) in [5, 5.41) is 3.07. The van der Waals surface area contributed by atoms with Crippen molar-refractivity contribution in [2.24, 2.45) is 0 Å². The zero-order chi connectivity index (χ0) is 22.2. The maximum Gasteiger partial charge on any atom is 0.344 e. The van der Waals surface area contributed by atoms with Gasteiger partial charge in [-0.05, 0) is 31.0 Å². The van der Waals surface area contributed by atoms with Crippen molar-refractivity contribution in [2.45, 2.75) is 26.7 Å². The molecule has 3 aromatic carbocycles. The van der Waals surface area contributed by atoms with Crippen molar-refractivity contribution in [3.63, 3.8) is 0 Å². The number of fused-ring (bicyclic) bond motifs is 2. The van der Waals surface area contributed by atoms with Gasteiger partial charge in [0.05, 0.1) is 13.2 Å². The molecule has 0 N–H and O–H groups in total. The molecule has 0 spiro atoms. The topological polar surface area (TPSA) is 71.1 Å². The Kier molecular flexibility index (Phi) is 8.12. The molecule has 0 bridgehead atoms. The smallest absolute Gasteiger partial charge is 0.344 e. The van der Waals surface area contributed by atoms with Crippen LogP contribution in [-0.2, 0) is 19.1 Å². The second kappa shape index (κ2) is 11.0. The van der Waals surface area contributed by atoms with Gasteiger partial charge in [-0.3, -0.25) is 0 Å². The summed E-state index contributed by atoms with van der Waals surface area (Å²) in [5.41, 5.74) is 0. The fraction of sp³-hybridized carbons (Fsp3) is 0.333. The Morgan fingerprint density at radius 1 is 0.742 bits per heavy atom. The van der Waals surface area contributed by atoms with Crippen molar-refractivity contribution in [3.8, 4) is 11.5 Å². The summed E-state index contributed by atoms with van der Waals surface area (Å²) in [6.07, 6.45) is 1.50. The molecule has 0 aliphatic heterocycles.